The number of hydrogen-bond acceptors (Lipinski definition) is 5. The molecule has 0 radical (unpaired) electrons. The lowest BCUT2D eigenvalue weighted by Gasteiger charge is -2.20. The van der Waals surface area contributed by atoms with Gasteiger partial charge in [0.25, 0.3) is 0 Å². The Balaban J connectivity index is 1.48. The Bertz CT molecular complexity index is 1650. The normalized spacial score (nSPS) is 15.2. The molecule has 1 unspecified atom stereocenters. The highest BCUT2D eigenvalue weighted by molar-refractivity contribution is 7.15. The van der Waals surface area contributed by atoms with E-state index >= 15 is 0 Å². The van der Waals surface area contributed by atoms with E-state index in [0.717, 1.165) is 40.1 Å². The minimum atomic E-state index is -0.740. The number of amides is 1. The van der Waals surface area contributed by atoms with Gasteiger partial charge in [0, 0.05) is 34.3 Å². The number of nitrogen functional groups attached to an aromatic ring is 1. The van der Waals surface area contributed by atoms with Gasteiger partial charge in [-0.25, -0.2) is 9.78 Å². The molecule has 0 fully saturated rings. The zero-order valence-corrected chi connectivity index (χ0v) is 20.3. The fraction of sp³-hybridized carbons (Fsp3) is 0.179. The minimum Gasteiger partial charge on any atom is -0.446 e. The summed E-state index contributed by atoms with van der Waals surface area (Å²) < 4.78 is 7.53. The highest BCUT2D eigenvalue weighted by Gasteiger charge is 2.26. The van der Waals surface area contributed by atoms with Crippen molar-refractivity contribution in [3.63, 3.8) is 0 Å². The number of hydrogen-bond donors (Lipinski definition) is 3. The van der Waals surface area contributed by atoms with Crippen LogP contribution < -0.4 is 11.5 Å². The minimum absolute atomic E-state index is 0.0431. The van der Waals surface area contributed by atoms with Gasteiger partial charge < -0.3 is 20.8 Å². The Hall–Kier alpha value is -4.17. The summed E-state index contributed by atoms with van der Waals surface area (Å²) in [6, 6.07) is 22.8. The van der Waals surface area contributed by atoms with Gasteiger partial charge in [-0.3, -0.25) is 5.41 Å². The lowest BCUT2D eigenvalue weighted by molar-refractivity contribution is 0.0977. The van der Waals surface area contributed by atoms with Crippen LogP contribution in [0.5, 0.6) is 0 Å². The maximum atomic E-state index is 11.2. The monoisotopic (exact) mass is 495 g/mol. The fourth-order valence-corrected chi connectivity index (χ4v) is 6.22. The predicted molar refractivity (Wildman–Crippen MR) is 144 cm³/mol. The first-order valence-electron chi connectivity index (χ1n) is 11.9. The highest BCUT2D eigenvalue weighted by Crippen LogP contribution is 2.37. The molecule has 1 aliphatic rings. The van der Waals surface area contributed by atoms with Gasteiger partial charge in [-0.1, -0.05) is 54.6 Å². The van der Waals surface area contributed by atoms with Crippen molar-refractivity contribution in [3.8, 4) is 10.7 Å². The first kappa shape index (κ1) is 22.3. The molecule has 0 spiro atoms. The number of nitrogens with one attached hydrogen (secondary N) is 1. The summed E-state index contributed by atoms with van der Waals surface area (Å²) in [4.78, 5) is 17.5. The van der Waals surface area contributed by atoms with Crippen LogP contribution in [0.15, 0.2) is 66.7 Å². The van der Waals surface area contributed by atoms with Gasteiger partial charge in [-0.15, -0.1) is 11.3 Å². The molecule has 2 aromatic heterocycles. The summed E-state index contributed by atoms with van der Waals surface area (Å²) in [6.45, 7) is 0.652. The highest BCUT2D eigenvalue weighted by atomic mass is 32.1. The third kappa shape index (κ3) is 3.99. The van der Waals surface area contributed by atoms with E-state index in [1.54, 1.807) is 11.3 Å². The van der Waals surface area contributed by atoms with Crippen LogP contribution >= 0.6 is 11.3 Å². The average molecular weight is 496 g/mol. The number of amidine groups is 1. The molecule has 1 aliphatic carbocycles. The zero-order valence-electron chi connectivity index (χ0n) is 19.5. The van der Waals surface area contributed by atoms with E-state index < -0.39 is 6.09 Å². The molecule has 1 atom stereocenters. The number of carbonyl (C=O) groups is 1. The number of primary amides is 1. The first-order valence-corrected chi connectivity index (χ1v) is 12.7. The summed E-state index contributed by atoms with van der Waals surface area (Å²) in [5.41, 5.74) is 16.0. The molecule has 180 valence electrons. The summed E-state index contributed by atoms with van der Waals surface area (Å²) in [5.74, 6) is 0.0431. The molecular formula is C28H25N5O2S. The SMILES string of the molecule is N=C(N)c1ccc2cc(-c3nc4c(s3)CCC(OC(N)=O)C4)n(Cc3cccc4ccccc34)c2c1. The summed E-state index contributed by atoms with van der Waals surface area (Å²) in [7, 11) is 0. The van der Waals surface area contributed by atoms with Gasteiger partial charge in [-0.2, -0.15) is 0 Å². The number of aryl methyl sites for hydroxylation is 1. The molecule has 36 heavy (non-hydrogen) atoms. The van der Waals surface area contributed by atoms with Gasteiger partial charge in [0.15, 0.2) is 0 Å². The van der Waals surface area contributed by atoms with Crippen molar-refractivity contribution in [2.75, 3.05) is 0 Å². The second-order valence-electron chi connectivity index (χ2n) is 9.13. The molecule has 7 nitrogen and oxygen atoms in total. The Morgan fingerprint density at radius 1 is 1.08 bits per heavy atom. The van der Waals surface area contributed by atoms with E-state index in [-0.39, 0.29) is 11.9 Å². The summed E-state index contributed by atoms with van der Waals surface area (Å²) in [5, 5.41) is 12.4. The largest absolute Gasteiger partial charge is 0.446 e. The third-order valence-corrected chi connectivity index (χ3v) is 8.00. The van der Waals surface area contributed by atoms with Gasteiger partial charge in [-0.05, 0) is 41.3 Å². The van der Waals surface area contributed by atoms with Gasteiger partial charge in [0.1, 0.15) is 16.9 Å². The van der Waals surface area contributed by atoms with Crippen LogP contribution in [0.2, 0.25) is 0 Å². The van der Waals surface area contributed by atoms with Gasteiger partial charge in [0.2, 0.25) is 0 Å². The van der Waals surface area contributed by atoms with Crippen LogP contribution in [0.25, 0.3) is 32.4 Å². The molecule has 1 amide bonds. The van der Waals surface area contributed by atoms with Crippen molar-refractivity contribution in [2.45, 2.75) is 31.9 Å². The number of fused-ring (bicyclic) bond motifs is 3. The molecule has 0 aliphatic heterocycles. The van der Waals surface area contributed by atoms with E-state index in [0.29, 0.717) is 18.5 Å². The third-order valence-electron chi connectivity index (χ3n) is 6.82. The number of aromatic nitrogens is 2. The molecule has 0 saturated heterocycles. The molecule has 8 heteroatoms. The lowest BCUT2D eigenvalue weighted by atomic mass is 10.00. The van der Waals surface area contributed by atoms with Crippen LogP contribution in [0, 0.1) is 5.41 Å². The molecule has 6 rings (SSSR count). The van der Waals surface area contributed by atoms with Crippen LogP contribution in [0.3, 0.4) is 0 Å². The van der Waals surface area contributed by atoms with E-state index in [4.69, 9.17) is 26.6 Å². The van der Waals surface area contributed by atoms with Gasteiger partial charge in [0.05, 0.1) is 11.4 Å². The van der Waals surface area contributed by atoms with Crippen LogP contribution in [0.4, 0.5) is 4.79 Å². The second kappa shape index (κ2) is 8.80. The van der Waals surface area contributed by atoms with E-state index in [2.05, 4.69) is 53.1 Å². The van der Waals surface area contributed by atoms with E-state index in [1.807, 2.05) is 18.2 Å². The van der Waals surface area contributed by atoms with E-state index in [1.165, 1.54) is 21.2 Å². The molecule has 0 saturated carbocycles. The van der Waals surface area contributed by atoms with Crippen LogP contribution in [-0.4, -0.2) is 27.6 Å². The van der Waals surface area contributed by atoms with Crippen molar-refractivity contribution in [2.24, 2.45) is 11.5 Å². The number of thiazole rings is 1. The molecular weight excluding hydrogens is 470 g/mol. The van der Waals surface area contributed by atoms with E-state index in [9.17, 15) is 4.79 Å². The number of nitrogens with zero attached hydrogens (tertiary/aromatic N) is 2. The second-order valence-corrected chi connectivity index (χ2v) is 10.2. The number of ether oxygens (including phenoxy) is 1. The van der Waals surface area contributed by atoms with Crippen LogP contribution in [-0.2, 0) is 24.1 Å². The average Bonchev–Trinajstić information content (AvgIpc) is 3.44. The molecule has 2 heterocycles. The Labute approximate surface area is 211 Å². The van der Waals surface area contributed by atoms with Crippen molar-refractivity contribution >= 4 is 44.9 Å². The quantitative estimate of drug-likeness (QED) is 0.229. The maximum absolute atomic E-state index is 11.2. The Kier molecular flexibility index (Phi) is 5.45. The standard InChI is InChI=1S/C28H25N5O2S/c29-26(30)18-9-8-17-12-24(27-32-22-14-20(35-28(31)34)10-11-25(22)36-27)33(23(17)13-18)15-19-6-3-5-16-4-1-2-7-21(16)19/h1-9,12-13,20H,10-11,14-15H2,(H3,29,30)(H2,31,34). The Morgan fingerprint density at radius 2 is 1.92 bits per heavy atom. The molecule has 5 N–H and O–H groups in total. The summed E-state index contributed by atoms with van der Waals surface area (Å²) in [6.07, 6.45) is 1.16. The zero-order chi connectivity index (χ0) is 24.8. The molecule has 3 aromatic carbocycles. The topological polar surface area (TPSA) is 120 Å². The van der Waals surface area contributed by atoms with Crippen molar-refractivity contribution in [3.05, 3.63) is 88.4 Å². The number of carbonyl (C=O) groups excluding carboxylic acids is 1. The van der Waals surface area contributed by atoms with Gasteiger partial charge >= 0.3 is 6.09 Å². The maximum Gasteiger partial charge on any atom is 0.404 e. The lowest BCUT2D eigenvalue weighted by Crippen LogP contribution is -2.27. The smallest absolute Gasteiger partial charge is 0.404 e. The summed E-state index contributed by atoms with van der Waals surface area (Å²) >= 11 is 1.69. The number of nitrogens with two attached hydrogens (primary N) is 2. The first-order chi connectivity index (χ1) is 17.5. The number of rotatable bonds is 5. The fourth-order valence-electron chi connectivity index (χ4n) is 5.09. The van der Waals surface area contributed by atoms with Crippen molar-refractivity contribution < 1.29 is 9.53 Å². The molecule has 5 aromatic rings. The predicted octanol–water partition coefficient (Wildman–Crippen LogP) is 5.20. The van der Waals surface area contributed by atoms with Crippen molar-refractivity contribution in [1.82, 2.24) is 9.55 Å². The van der Waals surface area contributed by atoms with Crippen molar-refractivity contribution in [1.29, 1.82) is 5.41 Å². The van der Waals surface area contributed by atoms with Crippen LogP contribution in [0.1, 0.15) is 28.1 Å². The molecule has 0 bridgehead atoms. The number of benzene rings is 3. The Morgan fingerprint density at radius 3 is 2.75 bits per heavy atom.